The van der Waals surface area contributed by atoms with Gasteiger partial charge in [0.2, 0.25) is 0 Å². The number of nitrogens with one attached hydrogen (secondary N) is 1. The van der Waals surface area contributed by atoms with E-state index in [1.165, 1.54) is 14.2 Å². The SMILES string of the molecule is COc1ccc(NC(=O)C(=O)c2cccn2C)c(OC)c1. The van der Waals surface area contributed by atoms with Crippen molar-refractivity contribution in [1.29, 1.82) is 0 Å². The molecule has 6 nitrogen and oxygen atoms in total. The van der Waals surface area contributed by atoms with Gasteiger partial charge >= 0.3 is 0 Å². The quantitative estimate of drug-likeness (QED) is 0.673. The lowest BCUT2D eigenvalue weighted by atomic mass is 10.2. The number of methoxy groups -OCH3 is 2. The number of nitrogens with zero attached hydrogens (tertiary/aromatic N) is 1. The summed E-state index contributed by atoms with van der Waals surface area (Å²) in [7, 11) is 4.71. The third-order valence-electron chi connectivity index (χ3n) is 3.04. The summed E-state index contributed by atoms with van der Waals surface area (Å²) in [4.78, 5) is 24.1. The van der Waals surface area contributed by atoms with Gasteiger partial charge in [0, 0.05) is 19.3 Å². The topological polar surface area (TPSA) is 69.6 Å². The second kappa shape index (κ2) is 6.13. The van der Waals surface area contributed by atoms with E-state index in [9.17, 15) is 9.59 Å². The molecule has 0 aliphatic carbocycles. The Morgan fingerprint density at radius 2 is 1.90 bits per heavy atom. The molecule has 0 aliphatic rings. The molecule has 1 aromatic heterocycles. The van der Waals surface area contributed by atoms with Crippen LogP contribution in [0, 0.1) is 0 Å². The van der Waals surface area contributed by atoms with Crippen molar-refractivity contribution in [2.45, 2.75) is 0 Å². The molecule has 0 saturated carbocycles. The molecule has 0 radical (unpaired) electrons. The Bertz CT molecular complexity index is 676. The number of ketones is 1. The number of Topliss-reactive ketones (excluding diaryl/α,β-unsaturated/α-hetero) is 1. The second-order valence-electron chi connectivity index (χ2n) is 4.35. The number of aromatic nitrogens is 1. The van der Waals surface area contributed by atoms with E-state index in [-0.39, 0.29) is 0 Å². The molecule has 6 heteroatoms. The summed E-state index contributed by atoms with van der Waals surface area (Å²) in [5.74, 6) is -0.318. The second-order valence-corrected chi connectivity index (χ2v) is 4.35. The molecule has 0 aliphatic heterocycles. The van der Waals surface area contributed by atoms with E-state index in [1.807, 2.05) is 0 Å². The van der Waals surface area contributed by atoms with Crippen LogP contribution in [0.4, 0.5) is 5.69 Å². The van der Waals surface area contributed by atoms with E-state index in [4.69, 9.17) is 9.47 Å². The molecule has 0 bridgehead atoms. The highest BCUT2D eigenvalue weighted by molar-refractivity contribution is 6.46. The minimum absolute atomic E-state index is 0.319. The minimum atomic E-state index is -0.722. The van der Waals surface area contributed by atoms with Gasteiger partial charge in [0.1, 0.15) is 11.5 Å². The number of amides is 1. The van der Waals surface area contributed by atoms with E-state index in [0.717, 1.165) is 0 Å². The highest BCUT2D eigenvalue weighted by Gasteiger charge is 2.20. The van der Waals surface area contributed by atoms with Crippen molar-refractivity contribution < 1.29 is 19.1 Å². The molecule has 0 saturated heterocycles. The zero-order chi connectivity index (χ0) is 15.4. The van der Waals surface area contributed by atoms with Crippen LogP contribution in [0.1, 0.15) is 10.5 Å². The van der Waals surface area contributed by atoms with Crippen molar-refractivity contribution in [3.05, 3.63) is 42.2 Å². The third kappa shape index (κ3) is 3.05. The summed E-state index contributed by atoms with van der Waals surface area (Å²) in [5.41, 5.74) is 0.728. The fraction of sp³-hybridized carbons (Fsp3) is 0.200. The number of rotatable bonds is 5. The highest BCUT2D eigenvalue weighted by Crippen LogP contribution is 2.29. The molecule has 1 amide bonds. The number of hydrogen-bond donors (Lipinski definition) is 1. The Balaban J connectivity index is 2.20. The van der Waals surface area contributed by atoms with Gasteiger partial charge in [0.05, 0.1) is 25.6 Å². The molecule has 110 valence electrons. The predicted octanol–water partition coefficient (Wildman–Crippen LogP) is 1.86. The average Bonchev–Trinajstić information content (AvgIpc) is 2.92. The van der Waals surface area contributed by atoms with Crippen LogP contribution in [0.25, 0.3) is 0 Å². The maximum atomic E-state index is 12.1. The standard InChI is InChI=1S/C15H16N2O4/c1-17-8-4-5-12(17)14(18)15(19)16-11-7-6-10(20-2)9-13(11)21-3/h4-9H,1-3H3,(H,16,19). The number of carbonyl (C=O) groups excluding carboxylic acids is 2. The van der Waals surface area contributed by atoms with E-state index in [2.05, 4.69) is 5.32 Å². The zero-order valence-corrected chi connectivity index (χ0v) is 12.0. The number of hydrogen-bond acceptors (Lipinski definition) is 4. The largest absolute Gasteiger partial charge is 0.497 e. The van der Waals surface area contributed by atoms with Gasteiger partial charge in [0.15, 0.2) is 0 Å². The van der Waals surface area contributed by atoms with Crippen LogP contribution < -0.4 is 14.8 Å². The zero-order valence-electron chi connectivity index (χ0n) is 12.0. The highest BCUT2D eigenvalue weighted by atomic mass is 16.5. The number of aryl methyl sites for hydroxylation is 1. The Labute approximate surface area is 122 Å². The first-order valence-corrected chi connectivity index (χ1v) is 6.26. The van der Waals surface area contributed by atoms with Gasteiger partial charge in [-0.05, 0) is 24.3 Å². The maximum Gasteiger partial charge on any atom is 0.298 e. The van der Waals surface area contributed by atoms with Crippen LogP contribution in [0.3, 0.4) is 0 Å². The molecular formula is C15H16N2O4. The summed E-state index contributed by atoms with van der Waals surface area (Å²) >= 11 is 0. The summed E-state index contributed by atoms with van der Waals surface area (Å²) in [5, 5.41) is 2.55. The first-order chi connectivity index (χ1) is 10.1. The van der Waals surface area contributed by atoms with Gasteiger partial charge in [-0.25, -0.2) is 0 Å². The van der Waals surface area contributed by atoms with Crippen LogP contribution in [0.15, 0.2) is 36.5 Å². The molecular weight excluding hydrogens is 272 g/mol. The normalized spacial score (nSPS) is 10.0. The van der Waals surface area contributed by atoms with Gasteiger partial charge in [-0.3, -0.25) is 9.59 Å². The Morgan fingerprint density at radius 3 is 2.48 bits per heavy atom. The molecule has 0 fully saturated rings. The number of benzene rings is 1. The summed E-state index contributed by atoms with van der Waals surface area (Å²) in [6, 6.07) is 8.21. The fourth-order valence-corrected chi connectivity index (χ4v) is 1.89. The Morgan fingerprint density at radius 1 is 1.14 bits per heavy atom. The average molecular weight is 288 g/mol. The van der Waals surface area contributed by atoms with Crippen molar-refractivity contribution in [3.8, 4) is 11.5 Å². The molecule has 2 aromatic rings. The van der Waals surface area contributed by atoms with Crippen molar-refractivity contribution in [3.63, 3.8) is 0 Å². The Kier molecular flexibility index (Phi) is 4.27. The lowest BCUT2D eigenvalue weighted by Gasteiger charge is -2.11. The number of anilines is 1. The minimum Gasteiger partial charge on any atom is -0.497 e. The molecule has 21 heavy (non-hydrogen) atoms. The van der Waals surface area contributed by atoms with Gasteiger partial charge in [-0.1, -0.05) is 0 Å². The van der Waals surface area contributed by atoms with E-state index >= 15 is 0 Å². The molecule has 0 atom stereocenters. The lowest BCUT2D eigenvalue weighted by Crippen LogP contribution is -2.24. The summed E-state index contributed by atoms with van der Waals surface area (Å²) in [6.45, 7) is 0. The first kappa shape index (κ1) is 14.6. The van der Waals surface area contributed by atoms with Gasteiger partial charge in [-0.2, -0.15) is 0 Å². The van der Waals surface area contributed by atoms with Crippen molar-refractivity contribution >= 4 is 17.4 Å². The van der Waals surface area contributed by atoms with Crippen LogP contribution in [-0.2, 0) is 11.8 Å². The number of carbonyl (C=O) groups is 2. The molecule has 0 unspecified atom stereocenters. The van der Waals surface area contributed by atoms with Crippen molar-refractivity contribution in [2.75, 3.05) is 19.5 Å². The fourth-order valence-electron chi connectivity index (χ4n) is 1.89. The van der Waals surface area contributed by atoms with E-state index < -0.39 is 11.7 Å². The first-order valence-electron chi connectivity index (χ1n) is 6.26. The van der Waals surface area contributed by atoms with Gasteiger partial charge in [0.25, 0.3) is 11.7 Å². The van der Waals surface area contributed by atoms with Crippen LogP contribution in [0.2, 0.25) is 0 Å². The third-order valence-corrected chi connectivity index (χ3v) is 3.04. The summed E-state index contributed by atoms with van der Waals surface area (Å²) in [6.07, 6.45) is 1.70. The van der Waals surface area contributed by atoms with Gasteiger partial charge in [-0.15, -0.1) is 0 Å². The molecule has 0 spiro atoms. The van der Waals surface area contributed by atoms with Crippen LogP contribution in [0.5, 0.6) is 11.5 Å². The van der Waals surface area contributed by atoms with Crippen molar-refractivity contribution in [1.82, 2.24) is 4.57 Å². The molecule has 1 heterocycles. The van der Waals surface area contributed by atoms with Crippen LogP contribution in [-0.4, -0.2) is 30.5 Å². The number of ether oxygens (including phenoxy) is 2. The van der Waals surface area contributed by atoms with E-state index in [0.29, 0.717) is 22.9 Å². The maximum absolute atomic E-state index is 12.1. The predicted molar refractivity (Wildman–Crippen MR) is 77.9 cm³/mol. The Hall–Kier alpha value is -2.76. The molecule has 1 N–H and O–H groups in total. The van der Waals surface area contributed by atoms with Crippen molar-refractivity contribution in [2.24, 2.45) is 7.05 Å². The summed E-state index contributed by atoms with van der Waals surface area (Å²) < 4.78 is 11.8. The molecule has 1 aromatic carbocycles. The lowest BCUT2D eigenvalue weighted by molar-refractivity contribution is -0.112. The van der Waals surface area contributed by atoms with Crippen LogP contribution >= 0.6 is 0 Å². The monoisotopic (exact) mass is 288 g/mol. The molecule has 2 rings (SSSR count). The van der Waals surface area contributed by atoms with Gasteiger partial charge < -0.3 is 19.4 Å². The van der Waals surface area contributed by atoms with E-state index in [1.54, 1.807) is 48.1 Å². The smallest absolute Gasteiger partial charge is 0.298 e.